The van der Waals surface area contributed by atoms with E-state index in [2.05, 4.69) is 15.2 Å². The number of rotatable bonds is 6. The number of ether oxygens (including phenoxy) is 2. The summed E-state index contributed by atoms with van der Waals surface area (Å²) in [7, 11) is 0. The molecule has 4 rings (SSSR count). The van der Waals surface area contributed by atoms with Crippen LogP contribution in [0.4, 0.5) is 5.13 Å². The second kappa shape index (κ2) is 6.41. The molecular weight excluding hydrogens is 326 g/mol. The average molecular weight is 345 g/mol. The molecule has 1 saturated carbocycles. The molecule has 1 amide bonds. The Labute approximate surface area is 144 Å². The largest absolute Gasteiger partial charge is 0.454 e. The van der Waals surface area contributed by atoms with E-state index < -0.39 is 0 Å². The maximum absolute atomic E-state index is 12.5. The number of carbonyl (C=O) groups excluding carboxylic acids is 1. The van der Waals surface area contributed by atoms with Gasteiger partial charge in [-0.05, 0) is 37.5 Å². The summed E-state index contributed by atoms with van der Waals surface area (Å²) in [6.07, 6.45) is 3.97. The minimum Gasteiger partial charge on any atom is -0.454 e. The third kappa shape index (κ3) is 3.22. The van der Waals surface area contributed by atoms with Crippen LogP contribution in [0.5, 0.6) is 11.5 Å². The van der Waals surface area contributed by atoms with Gasteiger partial charge in [-0.1, -0.05) is 6.07 Å². The number of benzene rings is 1. The highest BCUT2D eigenvalue weighted by molar-refractivity contribution is 7.13. The molecule has 1 aromatic heterocycles. The van der Waals surface area contributed by atoms with Crippen LogP contribution in [0.1, 0.15) is 25.3 Å². The van der Waals surface area contributed by atoms with Crippen LogP contribution in [-0.2, 0) is 11.3 Å². The Kier molecular flexibility index (Phi) is 4.12. The second-order valence-corrected chi connectivity index (χ2v) is 6.99. The van der Waals surface area contributed by atoms with Crippen molar-refractivity contribution >= 4 is 22.4 Å². The fourth-order valence-corrected chi connectivity index (χ4v) is 3.42. The summed E-state index contributed by atoms with van der Waals surface area (Å²) in [5.74, 6) is 1.55. The number of hydrogen-bond acceptors (Lipinski definition) is 6. The summed E-state index contributed by atoms with van der Waals surface area (Å²) >= 11 is 1.43. The van der Waals surface area contributed by atoms with Gasteiger partial charge in [-0.2, -0.15) is 0 Å². The summed E-state index contributed by atoms with van der Waals surface area (Å²) < 4.78 is 10.8. The molecule has 2 aromatic rings. The van der Waals surface area contributed by atoms with E-state index in [-0.39, 0.29) is 18.7 Å². The lowest BCUT2D eigenvalue weighted by Gasteiger charge is -2.28. The zero-order chi connectivity index (χ0) is 16.5. The van der Waals surface area contributed by atoms with Gasteiger partial charge in [0, 0.05) is 24.2 Å². The third-order valence-corrected chi connectivity index (χ3v) is 5.05. The topological polar surface area (TPSA) is 63.7 Å². The van der Waals surface area contributed by atoms with Gasteiger partial charge in [0.15, 0.2) is 16.6 Å². The van der Waals surface area contributed by atoms with E-state index in [0.717, 1.165) is 29.9 Å². The van der Waals surface area contributed by atoms with Crippen LogP contribution in [0.3, 0.4) is 0 Å². The van der Waals surface area contributed by atoms with Crippen LogP contribution in [0.15, 0.2) is 29.8 Å². The zero-order valence-electron chi connectivity index (χ0n) is 13.4. The van der Waals surface area contributed by atoms with Crippen molar-refractivity contribution in [1.82, 2.24) is 9.88 Å². The maximum atomic E-state index is 12.5. The minimum absolute atomic E-state index is 0.0161. The monoisotopic (exact) mass is 345 g/mol. The first-order valence-corrected chi connectivity index (χ1v) is 8.93. The van der Waals surface area contributed by atoms with E-state index in [1.54, 1.807) is 6.20 Å². The molecule has 0 radical (unpaired) electrons. The van der Waals surface area contributed by atoms with Crippen molar-refractivity contribution < 1.29 is 14.3 Å². The number of amides is 1. The Hall–Kier alpha value is -2.12. The van der Waals surface area contributed by atoms with Crippen LogP contribution in [0, 0.1) is 0 Å². The predicted molar refractivity (Wildman–Crippen MR) is 91.3 cm³/mol. The lowest BCUT2D eigenvalue weighted by molar-refractivity contribution is -0.121. The smallest absolute Gasteiger partial charge is 0.243 e. The van der Waals surface area contributed by atoms with Crippen LogP contribution in [0.25, 0.3) is 0 Å². The third-order valence-electron chi connectivity index (χ3n) is 4.36. The molecular formula is C17H19N3O3S. The zero-order valence-corrected chi connectivity index (χ0v) is 14.2. The SMILES string of the molecule is C[C@@H](C(=O)Nc1nccs1)N(Cc1ccc2c(c1)OCO2)C1CC1. The lowest BCUT2D eigenvalue weighted by atomic mass is 10.1. The molecule has 6 nitrogen and oxygen atoms in total. The summed E-state index contributed by atoms with van der Waals surface area (Å²) in [5.41, 5.74) is 1.13. The number of aromatic nitrogens is 1. The van der Waals surface area contributed by atoms with Crippen molar-refractivity contribution in [2.45, 2.75) is 38.4 Å². The lowest BCUT2D eigenvalue weighted by Crippen LogP contribution is -2.42. The Morgan fingerprint density at radius 3 is 3.00 bits per heavy atom. The molecule has 1 aromatic carbocycles. The quantitative estimate of drug-likeness (QED) is 0.872. The molecule has 1 fully saturated rings. The Morgan fingerprint density at radius 1 is 1.42 bits per heavy atom. The molecule has 0 bridgehead atoms. The molecule has 1 aliphatic heterocycles. The summed E-state index contributed by atoms with van der Waals surface area (Å²) in [4.78, 5) is 18.9. The Balaban J connectivity index is 1.46. The molecule has 0 saturated heterocycles. The van der Waals surface area contributed by atoms with Gasteiger partial charge in [-0.25, -0.2) is 4.98 Å². The van der Waals surface area contributed by atoms with Crippen molar-refractivity contribution in [3.63, 3.8) is 0 Å². The molecule has 2 aliphatic rings. The van der Waals surface area contributed by atoms with Gasteiger partial charge in [-0.3, -0.25) is 9.69 Å². The van der Waals surface area contributed by atoms with Gasteiger partial charge in [0.25, 0.3) is 0 Å². The average Bonchev–Trinajstić information content (AvgIpc) is 3.09. The maximum Gasteiger partial charge on any atom is 0.243 e. The van der Waals surface area contributed by atoms with E-state index >= 15 is 0 Å². The molecule has 0 unspecified atom stereocenters. The molecule has 1 atom stereocenters. The highest BCUT2D eigenvalue weighted by atomic mass is 32.1. The van der Waals surface area contributed by atoms with Gasteiger partial charge >= 0.3 is 0 Å². The highest BCUT2D eigenvalue weighted by Gasteiger charge is 2.35. The number of anilines is 1. The number of thiazole rings is 1. The second-order valence-electron chi connectivity index (χ2n) is 6.09. The molecule has 1 aliphatic carbocycles. The van der Waals surface area contributed by atoms with Crippen molar-refractivity contribution in [1.29, 1.82) is 0 Å². The first-order chi connectivity index (χ1) is 11.7. The van der Waals surface area contributed by atoms with Gasteiger partial charge in [0.05, 0.1) is 6.04 Å². The van der Waals surface area contributed by atoms with E-state index in [1.165, 1.54) is 11.3 Å². The number of carbonyl (C=O) groups is 1. The molecule has 0 spiro atoms. The normalized spacial score (nSPS) is 17.1. The van der Waals surface area contributed by atoms with Crippen molar-refractivity contribution in [2.24, 2.45) is 0 Å². The molecule has 2 heterocycles. The minimum atomic E-state index is -0.216. The Bertz CT molecular complexity index is 731. The molecule has 24 heavy (non-hydrogen) atoms. The van der Waals surface area contributed by atoms with E-state index in [9.17, 15) is 4.79 Å². The van der Waals surface area contributed by atoms with Crippen LogP contribution in [0.2, 0.25) is 0 Å². The van der Waals surface area contributed by atoms with Gasteiger partial charge < -0.3 is 14.8 Å². The highest BCUT2D eigenvalue weighted by Crippen LogP contribution is 2.35. The fourth-order valence-electron chi connectivity index (χ4n) is 2.88. The molecule has 126 valence electrons. The van der Waals surface area contributed by atoms with E-state index in [1.807, 2.05) is 30.5 Å². The predicted octanol–water partition coefficient (Wildman–Crippen LogP) is 2.86. The van der Waals surface area contributed by atoms with E-state index in [0.29, 0.717) is 17.7 Å². The van der Waals surface area contributed by atoms with Gasteiger partial charge in [0.2, 0.25) is 12.7 Å². The fraction of sp³-hybridized carbons (Fsp3) is 0.412. The van der Waals surface area contributed by atoms with Gasteiger partial charge in [0.1, 0.15) is 0 Å². The van der Waals surface area contributed by atoms with Crippen molar-refractivity contribution in [3.8, 4) is 11.5 Å². The summed E-state index contributed by atoms with van der Waals surface area (Å²) in [6, 6.07) is 6.22. The Morgan fingerprint density at radius 2 is 2.25 bits per heavy atom. The number of fused-ring (bicyclic) bond motifs is 1. The van der Waals surface area contributed by atoms with Crippen molar-refractivity contribution in [3.05, 3.63) is 35.3 Å². The summed E-state index contributed by atoms with van der Waals surface area (Å²) in [6.45, 7) is 2.94. The number of nitrogens with one attached hydrogen (secondary N) is 1. The molecule has 7 heteroatoms. The summed E-state index contributed by atoms with van der Waals surface area (Å²) in [5, 5.41) is 5.39. The van der Waals surface area contributed by atoms with E-state index in [4.69, 9.17) is 9.47 Å². The molecule has 1 N–H and O–H groups in total. The van der Waals surface area contributed by atoms with Crippen LogP contribution in [-0.4, -0.2) is 34.7 Å². The standard InChI is InChI=1S/C17H19N3O3S/c1-11(16(21)19-17-18-6-7-24-17)20(13-3-4-13)9-12-2-5-14-15(8-12)23-10-22-14/h2,5-8,11,13H,3-4,9-10H2,1H3,(H,18,19,21)/t11-/m0/s1. The van der Waals surface area contributed by atoms with Crippen LogP contribution < -0.4 is 14.8 Å². The number of nitrogens with zero attached hydrogens (tertiary/aromatic N) is 2. The first kappa shape index (κ1) is 15.4. The number of hydrogen-bond donors (Lipinski definition) is 1. The van der Waals surface area contributed by atoms with Gasteiger partial charge in [-0.15, -0.1) is 11.3 Å². The first-order valence-electron chi connectivity index (χ1n) is 8.05. The van der Waals surface area contributed by atoms with Crippen LogP contribution >= 0.6 is 11.3 Å². The van der Waals surface area contributed by atoms with Crippen molar-refractivity contribution in [2.75, 3.05) is 12.1 Å².